The van der Waals surface area contributed by atoms with Gasteiger partial charge >= 0.3 is 18.9 Å². The third kappa shape index (κ3) is 5.76. The molecule has 7 heteroatoms. The van der Waals surface area contributed by atoms with Crippen LogP contribution in [0.5, 0.6) is 17.2 Å². The van der Waals surface area contributed by atoms with Gasteiger partial charge in [-0.1, -0.05) is 18.2 Å². The second-order valence-corrected chi connectivity index (χ2v) is 6.22. The number of ether oxygens (including phenoxy) is 4. The van der Waals surface area contributed by atoms with E-state index in [0.29, 0.717) is 22.8 Å². The van der Waals surface area contributed by atoms with Crippen molar-refractivity contribution >= 4 is 38.3 Å². The number of carbonyl (C=O) groups is 1. The van der Waals surface area contributed by atoms with Gasteiger partial charge in [-0.2, -0.15) is 0 Å². The monoisotopic (exact) mass is 356 g/mol. The second-order valence-electron chi connectivity index (χ2n) is 4.94. The molecule has 0 aliphatic carbocycles. The van der Waals surface area contributed by atoms with Crippen molar-refractivity contribution < 1.29 is 23.7 Å². The van der Waals surface area contributed by atoms with Crippen LogP contribution in [0.1, 0.15) is 17.3 Å². The molecule has 130 valence electrons. The van der Waals surface area contributed by atoms with Gasteiger partial charge < -0.3 is 18.9 Å². The molecule has 5 nitrogen and oxygen atoms in total. The van der Waals surface area contributed by atoms with Crippen molar-refractivity contribution in [2.75, 3.05) is 21.3 Å². The molecule has 0 radical (unpaired) electrons. The Morgan fingerprint density at radius 2 is 1.52 bits per heavy atom. The summed E-state index contributed by atoms with van der Waals surface area (Å²) >= 11 is 0. The number of hydrogen-bond donors (Lipinski definition) is 0. The number of carbonyl (C=O) groups excluding carboxylic acids is 1. The van der Waals surface area contributed by atoms with Crippen molar-refractivity contribution in [1.82, 2.24) is 0 Å². The van der Waals surface area contributed by atoms with Crippen molar-refractivity contribution in [3.05, 3.63) is 48.0 Å². The quantitative estimate of drug-likeness (QED) is 0.413. The van der Waals surface area contributed by atoms with Crippen molar-refractivity contribution in [2.24, 2.45) is 0 Å². The Morgan fingerprint density at radius 3 is 2.00 bits per heavy atom. The molecule has 0 N–H and O–H groups in total. The molecule has 0 amide bonds. The van der Waals surface area contributed by atoms with E-state index < -0.39 is 0 Å². The van der Waals surface area contributed by atoms with Gasteiger partial charge in [0.05, 0.1) is 14.2 Å². The number of rotatable bonds is 8. The molecule has 0 heterocycles. The van der Waals surface area contributed by atoms with Gasteiger partial charge in [0.25, 0.3) is 0 Å². The summed E-state index contributed by atoms with van der Waals surface area (Å²) in [5.41, 5.74) is 0.428. The van der Waals surface area contributed by atoms with Crippen LogP contribution >= 0.6 is 8.58 Å². The summed E-state index contributed by atoms with van der Waals surface area (Å²) in [5, 5.41) is 0.908. The number of hydrogen-bond acceptors (Lipinski definition) is 5. The average molecular weight is 356 g/mol. The molecule has 25 heavy (non-hydrogen) atoms. The van der Waals surface area contributed by atoms with Gasteiger partial charge in [-0.3, -0.25) is 4.79 Å². The Labute approximate surface area is 162 Å². The van der Waals surface area contributed by atoms with Crippen molar-refractivity contribution in [2.45, 2.75) is 13.2 Å². The van der Waals surface area contributed by atoms with E-state index in [1.807, 2.05) is 31.2 Å². The van der Waals surface area contributed by atoms with Gasteiger partial charge in [0.1, 0.15) is 22.8 Å². The molecule has 2 atom stereocenters. The molecule has 2 aromatic rings. The first-order valence-corrected chi connectivity index (χ1v) is 8.41. The van der Waals surface area contributed by atoms with Crippen LogP contribution in [0.15, 0.2) is 42.5 Å². The van der Waals surface area contributed by atoms with E-state index in [-0.39, 0.29) is 39.3 Å². The first-order valence-electron chi connectivity index (χ1n) is 7.41. The summed E-state index contributed by atoms with van der Waals surface area (Å²) in [5.74, 6) is 1.72. The number of benzene rings is 2. The minimum atomic E-state index is -0.322. The fraction of sp³-hybridized carbons (Fsp3) is 0.278. The van der Waals surface area contributed by atoms with Crippen LogP contribution in [0.3, 0.4) is 0 Å². The van der Waals surface area contributed by atoms with Gasteiger partial charge in [-0.05, 0) is 45.1 Å². The van der Waals surface area contributed by atoms with E-state index in [4.69, 9.17) is 18.9 Å². The van der Waals surface area contributed by atoms with Crippen LogP contribution in [0.25, 0.3) is 0 Å². The average Bonchev–Trinajstić information content (AvgIpc) is 2.62. The van der Waals surface area contributed by atoms with Gasteiger partial charge in [0, 0.05) is 7.11 Å². The predicted molar refractivity (Wildman–Crippen MR) is 103 cm³/mol. The van der Waals surface area contributed by atoms with Gasteiger partial charge in [-0.15, -0.1) is 0 Å². The Balaban J connectivity index is 0.00000312. The van der Waals surface area contributed by atoms with Crippen LogP contribution in [0, 0.1) is 0 Å². The fourth-order valence-corrected chi connectivity index (χ4v) is 3.09. The van der Waals surface area contributed by atoms with Crippen LogP contribution in [0.2, 0.25) is 0 Å². The van der Waals surface area contributed by atoms with E-state index in [1.54, 1.807) is 25.3 Å². The van der Waals surface area contributed by atoms with Crippen molar-refractivity contribution in [3.63, 3.8) is 0 Å². The summed E-state index contributed by atoms with van der Waals surface area (Å²) in [6.07, 6.45) is -0.322. The topological polar surface area (TPSA) is 54.0 Å². The normalized spacial score (nSPS) is 11.7. The van der Waals surface area contributed by atoms with Gasteiger partial charge in [0.2, 0.25) is 0 Å². The molecule has 0 fully saturated rings. The molecule has 2 aromatic carbocycles. The Morgan fingerprint density at radius 1 is 0.960 bits per heavy atom. The Hall–Kier alpha value is -1.50. The SMILES string of the molecule is COc1cccc(OC)c1C(=O)Pc1ccc(OC(C)OC)cc1.[LiH]. The molecule has 2 rings (SSSR count). The maximum atomic E-state index is 12.7. The second kappa shape index (κ2) is 10.5. The molecule has 0 saturated carbocycles. The summed E-state index contributed by atoms with van der Waals surface area (Å²) in [7, 11) is 4.62. The maximum absolute atomic E-state index is 12.7. The summed E-state index contributed by atoms with van der Waals surface area (Å²) in [6, 6.07) is 12.7. The van der Waals surface area contributed by atoms with Gasteiger partial charge in [-0.25, -0.2) is 0 Å². The molecule has 0 saturated heterocycles. The zero-order valence-corrected chi connectivity index (χ0v) is 15.2. The predicted octanol–water partition coefficient (Wildman–Crippen LogP) is 2.57. The fourth-order valence-electron chi connectivity index (χ4n) is 2.13. The summed E-state index contributed by atoms with van der Waals surface area (Å²) in [4.78, 5) is 12.7. The zero-order valence-electron chi connectivity index (χ0n) is 14.2. The standard InChI is InChI=1S/C18H21O5P.Li.H/c1-12(20-2)23-13-8-10-14(11-9-13)24-18(19)17-15(21-3)6-5-7-16(17)22-4;;/h5-12,24H,1-4H3;;. The number of methoxy groups -OCH3 is 3. The molecular weight excluding hydrogens is 334 g/mol. The molecular formula is C18H22LiO5P. The van der Waals surface area contributed by atoms with E-state index in [2.05, 4.69) is 0 Å². The minimum absolute atomic E-state index is 0. The molecule has 2 unspecified atom stereocenters. The van der Waals surface area contributed by atoms with Crippen LogP contribution < -0.4 is 19.5 Å². The van der Waals surface area contributed by atoms with Crippen LogP contribution in [-0.2, 0) is 4.74 Å². The molecule has 0 aromatic heterocycles. The third-order valence-corrected chi connectivity index (χ3v) is 4.50. The third-order valence-electron chi connectivity index (χ3n) is 3.40. The van der Waals surface area contributed by atoms with Crippen molar-refractivity contribution in [3.8, 4) is 17.2 Å². The molecule has 0 bridgehead atoms. The first-order chi connectivity index (χ1) is 11.6. The van der Waals surface area contributed by atoms with Gasteiger partial charge in [0.15, 0.2) is 11.8 Å². The van der Waals surface area contributed by atoms with E-state index >= 15 is 0 Å². The van der Waals surface area contributed by atoms with E-state index in [9.17, 15) is 4.79 Å². The molecule has 0 aliphatic rings. The summed E-state index contributed by atoms with van der Waals surface area (Å²) < 4.78 is 21.2. The molecule has 0 aliphatic heterocycles. The Bertz CT molecular complexity index is 668. The van der Waals surface area contributed by atoms with E-state index in [1.165, 1.54) is 14.2 Å². The Kier molecular flexibility index (Phi) is 9.03. The molecule has 0 spiro atoms. The van der Waals surface area contributed by atoms with Crippen molar-refractivity contribution in [1.29, 1.82) is 0 Å². The van der Waals surface area contributed by atoms with E-state index in [0.717, 1.165) is 5.30 Å². The summed E-state index contributed by atoms with van der Waals surface area (Å²) in [6.45, 7) is 1.81. The van der Waals surface area contributed by atoms with Crippen LogP contribution in [0.4, 0.5) is 0 Å². The zero-order chi connectivity index (χ0) is 17.5. The first kappa shape index (κ1) is 21.5. The van der Waals surface area contributed by atoms with Crippen LogP contribution in [-0.4, -0.2) is 52.0 Å².